The Kier molecular flexibility index (Phi) is 7.33. The molecule has 1 aliphatic rings. The lowest BCUT2D eigenvalue weighted by Crippen LogP contribution is -2.49. The van der Waals surface area contributed by atoms with Crippen LogP contribution >= 0.6 is 0 Å². The van der Waals surface area contributed by atoms with Crippen LogP contribution in [0.5, 0.6) is 0 Å². The first-order valence-corrected chi connectivity index (χ1v) is 8.06. The quantitative estimate of drug-likeness (QED) is 0.640. The molecule has 0 aromatic carbocycles. The molecule has 3 nitrogen and oxygen atoms in total. The number of rotatable bonds is 10. The molecule has 1 unspecified atom stereocenters. The first kappa shape index (κ1) is 16.9. The van der Waals surface area contributed by atoms with E-state index in [-0.39, 0.29) is 6.61 Å². The van der Waals surface area contributed by atoms with E-state index >= 15 is 0 Å². The third-order valence-electron chi connectivity index (χ3n) is 4.52. The number of hydrogen-bond donors (Lipinski definition) is 2. The first-order valence-electron chi connectivity index (χ1n) is 8.06. The van der Waals surface area contributed by atoms with Crippen LogP contribution in [0, 0.1) is 11.3 Å². The largest absolute Gasteiger partial charge is 0.395 e. The average molecular weight is 270 g/mol. The van der Waals surface area contributed by atoms with Crippen molar-refractivity contribution >= 4 is 0 Å². The average Bonchev–Trinajstić information content (AvgIpc) is 2.26. The Hall–Kier alpha value is -0.120. The van der Waals surface area contributed by atoms with Gasteiger partial charge in [-0.05, 0) is 37.1 Å². The van der Waals surface area contributed by atoms with Crippen LogP contribution in [0.4, 0.5) is 0 Å². The summed E-state index contributed by atoms with van der Waals surface area (Å²) in [7, 11) is 0. The summed E-state index contributed by atoms with van der Waals surface area (Å²) >= 11 is 0. The van der Waals surface area contributed by atoms with E-state index in [0.717, 1.165) is 32.2 Å². The van der Waals surface area contributed by atoms with E-state index in [0.29, 0.717) is 11.3 Å². The van der Waals surface area contributed by atoms with Gasteiger partial charge in [0.15, 0.2) is 0 Å². The van der Waals surface area contributed by atoms with E-state index in [1.54, 1.807) is 0 Å². The van der Waals surface area contributed by atoms with Crippen molar-refractivity contribution in [1.82, 2.24) is 10.2 Å². The third-order valence-corrected chi connectivity index (χ3v) is 4.52. The minimum Gasteiger partial charge on any atom is -0.395 e. The molecule has 3 heteroatoms. The van der Waals surface area contributed by atoms with Gasteiger partial charge in [-0.2, -0.15) is 0 Å². The minimum absolute atomic E-state index is 0.287. The summed E-state index contributed by atoms with van der Waals surface area (Å²) in [6.45, 7) is 13.6. The molecule has 1 atom stereocenters. The van der Waals surface area contributed by atoms with Gasteiger partial charge in [0.25, 0.3) is 0 Å². The number of nitrogens with zero attached hydrogens (tertiary/aromatic N) is 1. The van der Waals surface area contributed by atoms with E-state index in [1.807, 2.05) is 0 Å². The van der Waals surface area contributed by atoms with Gasteiger partial charge < -0.3 is 10.4 Å². The van der Waals surface area contributed by atoms with E-state index < -0.39 is 0 Å². The number of aliphatic hydroxyl groups excluding tert-OH is 1. The zero-order chi connectivity index (χ0) is 14.3. The number of nitrogens with one attached hydrogen (secondary N) is 1. The molecule has 0 aromatic rings. The number of aliphatic hydroxyl groups is 1. The third kappa shape index (κ3) is 5.80. The van der Waals surface area contributed by atoms with E-state index in [1.165, 1.54) is 25.7 Å². The van der Waals surface area contributed by atoms with Crippen LogP contribution in [0.1, 0.15) is 53.4 Å². The van der Waals surface area contributed by atoms with E-state index in [2.05, 4.69) is 37.9 Å². The van der Waals surface area contributed by atoms with Crippen molar-refractivity contribution < 1.29 is 5.11 Å². The summed E-state index contributed by atoms with van der Waals surface area (Å²) in [5.41, 5.74) is 0.319. The summed E-state index contributed by atoms with van der Waals surface area (Å²) in [6, 6.07) is 0.725. The molecule has 1 rings (SSSR count). The Morgan fingerprint density at radius 1 is 1.37 bits per heavy atom. The van der Waals surface area contributed by atoms with Crippen LogP contribution in [-0.2, 0) is 0 Å². The zero-order valence-electron chi connectivity index (χ0n) is 13.4. The topological polar surface area (TPSA) is 35.5 Å². The first-order chi connectivity index (χ1) is 9.00. The van der Waals surface area contributed by atoms with Crippen LogP contribution in [0.2, 0.25) is 0 Å². The predicted octanol–water partition coefficient (Wildman–Crippen LogP) is 2.50. The molecule has 0 aromatic heterocycles. The van der Waals surface area contributed by atoms with Gasteiger partial charge in [-0.25, -0.2) is 0 Å². The van der Waals surface area contributed by atoms with Crippen molar-refractivity contribution in [3.05, 3.63) is 0 Å². The molecule has 0 saturated heterocycles. The molecule has 0 heterocycles. The smallest absolute Gasteiger partial charge is 0.0558 e. The maximum absolute atomic E-state index is 9.27. The Bertz CT molecular complexity index is 241. The second kappa shape index (κ2) is 8.23. The SMILES string of the molecule is CCC(C)(CNCC(C)C)CN(CCO)C1CCC1. The maximum atomic E-state index is 9.27. The van der Waals surface area contributed by atoms with Crippen molar-refractivity contribution in [2.45, 2.75) is 59.4 Å². The molecule has 0 spiro atoms. The van der Waals surface area contributed by atoms with E-state index in [9.17, 15) is 5.11 Å². The van der Waals surface area contributed by atoms with Gasteiger partial charge in [0.2, 0.25) is 0 Å². The highest BCUT2D eigenvalue weighted by Gasteiger charge is 2.31. The van der Waals surface area contributed by atoms with Crippen molar-refractivity contribution in [2.75, 3.05) is 32.8 Å². The van der Waals surface area contributed by atoms with Crippen LogP contribution < -0.4 is 5.32 Å². The molecule has 114 valence electrons. The molecule has 1 saturated carbocycles. The summed E-state index contributed by atoms with van der Waals surface area (Å²) in [5.74, 6) is 0.710. The highest BCUT2D eigenvalue weighted by molar-refractivity contribution is 4.86. The molecular weight excluding hydrogens is 236 g/mol. The second-order valence-electron chi connectivity index (χ2n) is 6.97. The molecule has 0 amide bonds. The second-order valence-corrected chi connectivity index (χ2v) is 6.97. The van der Waals surface area contributed by atoms with Crippen molar-refractivity contribution in [3.8, 4) is 0 Å². The van der Waals surface area contributed by atoms with Crippen molar-refractivity contribution in [2.24, 2.45) is 11.3 Å². The molecule has 2 N–H and O–H groups in total. The molecular formula is C16H34N2O. The highest BCUT2D eigenvalue weighted by Crippen LogP contribution is 2.29. The summed E-state index contributed by atoms with van der Waals surface area (Å²) in [4.78, 5) is 2.52. The molecule has 19 heavy (non-hydrogen) atoms. The zero-order valence-corrected chi connectivity index (χ0v) is 13.4. The summed E-state index contributed by atoms with van der Waals surface area (Å²) in [6.07, 6.45) is 5.19. The Morgan fingerprint density at radius 3 is 2.47 bits per heavy atom. The molecule has 0 aliphatic heterocycles. The lowest BCUT2D eigenvalue weighted by atomic mass is 9.83. The fraction of sp³-hybridized carbons (Fsp3) is 1.00. The number of hydrogen-bond acceptors (Lipinski definition) is 3. The molecule has 0 bridgehead atoms. The van der Waals surface area contributed by atoms with Crippen LogP contribution in [0.3, 0.4) is 0 Å². The van der Waals surface area contributed by atoms with Crippen LogP contribution in [0.25, 0.3) is 0 Å². The van der Waals surface area contributed by atoms with Crippen molar-refractivity contribution in [3.63, 3.8) is 0 Å². The van der Waals surface area contributed by atoms with E-state index in [4.69, 9.17) is 0 Å². The fourth-order valence-electron chi connectivity index (χ4n) is 2.72. The maximum Gasteiger partial charge on any atom is 0.0558 e. The normalized spacial score (nSPS) is 19.7. The van der Waals surface area contributed by atoms with Gasteiger partial charge in [-0.1, -0.05) is 34.1 Å². The van der Waals surface area contributed by atoms with Gasteiger partial charge in [0.1, 0.15) is 0 Å². The minimum atomic E-state index is 0.287. The van der Waals surface area contributed by atoms with Gasteiger partial charge in [-0.15, -0.1) is 0 Å². The van der Waals surface area contributed by atoms with Gasteiger partial charge >= 0.3 is 0 Å². The van der Waals surface area contributed by atoms with Gasteiger partial charge in [0, 0.05) is 25.7 Å². The Balaban J connectivity index is 2.45. The monoisotopic (exact) mass is 270 g/mol. The fourth-order valence-corrected chi connectivity index (χ4v) is 2.72. The Morgan fingerprint density at radius 2 is 2.05 bits per heavy atom. The molecule has 1 aliphatic carbocycles. The summed E-state index contributed by atoms with van der Waals surface area (Å²) in [5, 5.41) is 12.9. The highest BCUT2D eigenvalue weighted by atomic mass is 16.3. The predicted molar refractivity (Wildman–Crippen MR) is 82.4 cm³/mol. The Labute approximate surface area is 119 Å². The lowest BCUT2D eigenvalue weighted by molar-refractivity contribution is 0.0565. The van der Waals surface area contributed by atoms with Gasteiger partial charge in [-0.3, -0.25) is 4.90 Å². The molecule has 0 radical (unpaired) electrons. The standard InChI is InChI=1S/C16H34N2O/c1-5-16(4,12-17-11-14(2)3)13-18(9-10-19)15-7-6-8-15/h14-15,17,19H,5-13H2,1-4H3. The molecule has 1 fully saturated rings. The van der Waals surface area contributed by atoms with Crippen LogP contribution in [-0.4, -0.2) is 48.8 Å². The lowest BCUT2D eigenvalue weighted by Gasteiger charge is -2.43. The van der Waals surface area contributed by atoms with Crippen molar-refractivity contribution in [1.29, 1.82) is 0 Å². The summed E-state index contributed by atoms with van der Waals surface area (Å²) < 4.78 is 0. The van der Waals surface area contributed by atoms with Gasteiger partial charge in [0.05, 0.1) is 6.61 Å². The van der Waals surface area contributed by atoms with Crippen LogP contribution in [0.15, 0.2) is 0 Å².